The summed E-state index contributed by atoms with van der Waals surface area (Å²) in [5.74, 6) is -7.72. The van der Waals surface area contributed by atoms with Crippen molar-refractivity contribution in [3.63, 3.8) is 0 Å². The predicted molar refractivity (Wildman–Crippen MR) is 553 cm³/mol. The van der Waals surface area contributed by atoms with Gasteiger partial charge in [0, 0.05) is 52.3 Å². The molecule has 13 aromatic rings. The summed E-state index contributed by atoms with van der Waals surface area (Å²) in [7, 11) is -1.35. The molecule has 4 aliphatic rings. The third-order valence-electron chi connectivity index (χ3n) is 20.9. The van der Waals surface area contributed by atoms with E-state index in [9.17, 15) is 70.3 Å². The molecule has 0 radical (unpaired) electrons. The van der Waals surface area contributed by atoms with Gasteiger partial charge in [0.25, 0.3) is 24.2 Å². The molecule has 17 N–H and O–H groups in total. The monoisotopic (exact) mass is 2330 g/mol. The number of aromatic nitrogens is 6. The summed E-state index contributed by atoms with van der Waals surface area (Å²) >= 11 is 27.0. The Balaban J connectivity index is 0.000000237. The van der Waals surface area contributed by atoms with Crippen LogP contribution in [0.1, 0.15) is 99.5 Å². The van der Waals surface area contributed by atoms with E-state index in [1.165, 1.54) is 67.0 Å². The third-order valence-corrected chi connectivity index (χ3v) is 24.1. The Morgan fingerprint density at radius 2 is 0.842 bits per heavy atom. The maximum atomic E-state index is 15.3. The van der Waals surface area contributed by atoms with E-state index in [0.717, 1.165) is 55.2 Å². The normalized spacial score (nSPS) is 12.1. The van der Waals surface area contributed by atoms with Crippen molar-refractivity contribution in [3.05, 3.63) is 293 Å². The minimum atomic E-state index is -1.35. The number of anilines is 4. The number of para-hydroxylation sites is 3. The van der Waals surface area contributed by atoms with Crippen molar-refractivity contribution < 1.29 is 134 Å². The standard InChI is InChI=1S/C28H26FN5O3.C21H19BrFN5O3.C12H13BrFNO.C10H9N3O3.C8H6BrClFNO.C7H9BO2.C6H5BrFN.C3H7N.C2H2Cl2O.CH2O3.Na/c1-17-7-2-3-8-19(17)20-10-6-11-22(26(20)29)31-24(35)15-33(18-13-14-18)25(36)16-34-23-12-5-4-9-21(23)27(32-34)28(30)37;22-14-5-3-6-15(19(14)23)25-17(29)10-27(12-8-9-12)18(30)11-28-16-7-2-1-4-13(16)20(26-28)21(24)31;13-11-3-1-2-8(12(11)14)6-10(16)7-15-9-4-5-9;11-10(16)9-6-3-1-2-4-7(6)13(12-9)5-8(14)15;9-5-2-1-3-6(8(5)11)12-7(13)4-10;1-6-4-2-3-5-7(6)8(9)10;7-4-2-1-3-5(9)6(4)8;4-3-1-2-3;3-1-2(4)5;2-1-4-3;/h2-12,18H,13-16H2,1H3,(H2,30,37)(H,31,35);1-7,12H,8-11H2,(H2,24,31)(H,25,29);1-3,9,15H,4-7H2;1-4H,5H2,(H2,11,16)(H,14,15);1-3H,4H2,(H,12,13);2-5,9-10H,1H3;1-3H,9H2;3H,1-2,4H2;1H2;1,3H;/q;;;;;;;;;;+1/p-1. The number of carboxylic acid groups (broad SMARTS) is 1. The van der Waals surface area contributed by atoms with Gasteiger partial charge in [-0.2, -0.15) is 15.3 Å². The number of nitrogens with zero attached hydrogens (tertiary/aromatic N) is 8. The zero-order valence-electron chi connectivity index (χ0n) is 78.2. The molecule has 764 valence electrons. The van der Waals surface area contributed by atoms with Gasteiger partial charge in [0.15, 0.2) is 46.1 Å². The number of halogens is 12. The Morgan fingerprint density at radius 3 is 1.20 bits per heavy atom. The molecule has 0 bridgehead atoms. The molecule has 0 unspecified atom stereocenters. The van der Waals surface area contributed by atoms with Crippen molar-refractivity contribution in [2.45, 2.75) is 115 Å². The zero-order chi connectivity index (χ0) is 106. The van der Waals surface area contributed by atoms with E-state index in [2.05, 4.69) is 105 Å². The van der Waals surface area contributed by atoms with Crippen LogP contribution >= 0.6 is 98.5 Å². The number of amides is 8. The fourth-order valence-corrected chi connectivity index (χ4v) is 14.8. The number of Topliss-reactive ketones (excluding diaryl/α,β-unsaturated/α-hetero) is 1. The number of fused-ring (bicyclic) bond motifs is 3. The van der Waals surface area contributed by atoms with E-state index >= 15 is 4.39 Å². The van der Waals surface area contributed by atoms with Gasteiger partial charge in [-0.15, -0.1) is 23.2 Å². The van der Waals surface area contributed by atoms with Gasteiger partial charge in [0.05, 0.1) is 69.6 Å². The number of carboxylic acids is 1. The van der Waals surface area contributed by atoms with Crippen LogP contribution in [0, 0.1) is 42.9 Å². The van der Waals surface area contributed by atoms with Crippen LogP contribution in [0.15, 0.2) is 230 Å². The van der Waals surface area contributed by atoms with E-state index in [4.69, 9.17) is 88.7 Å². The van der Waals surface area contributed by atoms with Crippen molar-refractivity contribution in [1.82, 2.24) is 44.5 Å². The summed E-state index contributed by atoms with van der Waals surface area (Å²) in [6.45, 7) is 2.86. The number of hydrogen-bond acceptors (Lipinski definition) is 22. The first-order chi connectivity index (χ1) is 69.1. The number of nitrogens with one attached hydrogen (secondary N) is 4. The van der Waals surface area contributed by atoms with E-state index in [-0.39, 0.29) is 167 Å². The van der Waals surface area contributed by atoms with Crippen molar-refractivity contribution in [2.75, 3.05) is 53.1 Å². The van der Waals surface area contributed by atoms with E-state index < -0.39 is 77.0 Å². The van der Waals surface area contributed by atoms with Gasteiger partial charge in [0.1, 0.15) is 44.4 Å². The van der Waals surface area contributed by atoms with Crippen molar-refractivity contribution in [1.29, 1.82) is 0 Å². The quantitative estimate of drug-likeness (QED) is 0.00317. The Morgan fingerprint density at radius 1 is 0.486 bits per heavy atom. The molecule has 146 heavy (non-hydrogen) atoms. The molecular weight excluding hydrogens is 2240 g/mol. The minimum absolute atomic E-state index is 0. The molecule has 0 atom stereocenters. The molecule has 0 aliphatic heterocycles. The first-order valence-electron chi connectivity index (χ1n) is 43.9. The molecule has 4 aliphatic carbocycles. The summed E-state index contributed by atoms with van der Waals surface area (Å²) < 4.78 is 74.2. The Hall–Kier alpha value is -12.2. The average molecular weight is 2340 g/mol. The average Bonchev–Trinajstić information content (AvgIpc) is 1.65. The molecule has 0 saturated heterocycles. The van der Waals surface area contributed by atoms with Crippen LogP contribution < -0.4 is 90.2 Å². The predicted octanol–water partition coefficient (Wildman–Crippen LogP) is 10.4. The van der Waals surface area contributed by atoms with Crippen LogP contribution in [0.2, 0.25) is 0 Å². The number of rotatable bonds is 28. The number of carbonyl (C=O) groups is 12. The number of benzene rings is 10. The number of ketones is 1. The number of alkyl halides is 2. The van der Waals surface area contributed by atoms with Gasteiger partial charge in [-0.25, -0.2) is 22.0 Å². The molecule has 8 amide bonds. The first-order valence-corrected chi connectivity index (χ1v) is 48.5. The summed E-state index contributed by atoms with van der Waals surface area (Å²) in [4.78, 5) is 143. The fraction of sp³-hybridized carbons (Fsp3) is 0.235. The van der Waals surface area contributed by atoms with Crippen LogP contribution in [0.25, 0.3) is 43.8 Å². The number of aliphatic carboxylic acids is 1. The summed E-state index contributed by atoms with van der Waals surface area (Å²) in [5, 5.41) is 58.7. The summed E-state index contributed by atoms with van der Waals surface area (Å²) in [6.07, 6.45) is 8.13. The number of aryl methyl sites for hydroxylation is 2. The Kier molecular flexibility index (Phi) is 49.7. The van der Waals surface area contributed by atoms with Crippen LogP contribution in [0.5, 0.6) is 0 Å². The van der Waals surface area contributed by atoms with Crippen LogP contribution in [0.4, 0.5) is 44.7 Å². The number of carbonyl (C=O) groups excluding carboxylic acids is 11. The first kappa shape index (κ1) is 121. The largest absolute Gasteiger partial charge is 1.00 e. The van der Waals surface area contributed by atoms with Gasteiger partial charge < -0.3 is 85.0 Å². The second-order valence-corrected chi connectivity index (χ2v) is 36.4. The van der Waals surface area contributed by atoms with Gasteiger partial charge >= 0.3 is 42.6 Å². The van der Waals surface area contributed by atoms with Gasteiger partial charge in [-0.1, -0.05) is 151 Å². The zero-order valence-corrected chi connectivity index (χ0v) is 88.9. The fourth-order valence-electron chi connectivity index (χ4n) is 13.3. The summed E-state index contributed by atoms with van der Waals surface area (Å²) in [5.41, 5.74) is 32.9. The Labute approximate surface area is 904 Å². The molecular formula is C98H97BBr4Cl3F5N17NaO17. The number of primary amides is 3. The molecule has 4 saturated carbocycles. The van der Waals surface area contributed by atoms with E-state index in [0.29, 0.717) is 81.3 Å². The van der Waals surface area contributed by atoms with Crippen LogP contribution in [-0.2, 0) is 74.1 Å². The van der Waals surface area contributed by atoms with Crippen LogP contribution in [0.3, 0.4) is 0 Å². The Bertz CT molecular complexity index is 6770. The topological polar surface area (TPSA) is 536 Å². The molecule has 4 fully saturated rings. The molecule has 17 rings (SSSR count). The maximum Gasteiger partial charge on any atom is 1.00 e. The van der Waals surface area contributed by atoms with Gasteiger partial charge in [-0.3, -0.25) is 71.6 Å². The minimum Gasteiger partial charge on any atom is -0.662 e. The molecule has 3 heterocycles. The smallest absolute Gasteiger partial charge is 0.662 e. The van der Waals surface area contributed by atoms with E-state index in [1.54, 1.807) is 146 Å². The van der Waals surface area contributed by atoms with Crippen molar-refractivity contribution >= 4 is 237 Å². The van der Waals surface area contributed by atoms with Gasteiger partial charge in [-0.05, 0) is 229 Å². The molecule has 34 nitrogen and oxygen atoms in total. The van der Waals surface area contributed by atoms with Crippen molar-refractivity contribution in [2.24, 2.45) is 22.9 Å². The SMILES string of the molecule is Cc1ccccc1-c1cccc(NC(=O)CN(C(=O)Cn2nc(C(N)=O)c3ccccc32)C2CC2)c1F.Cc1ccccc1B(O)O.NC(=O)c1nn(CC(=O)N(CC(=O)Nc2cccc(Br)c2F)C2CC2)c2ccccc12.NC(=O)c1nn(CC(=O)O)c2ccccc12.NC1CC1.Nc1cccc(Br)c1F.O=C(CCl)Nc1cccc(Br)c1F.O=C(CNC1CC1)Cc1cccc(Br)c1F.O=C(Cl)CCl.O=CO[O-].[Na+]. The molecule has 48 heteroatoms. The molecule has 3 aromatic heterocycles. The van der Waals surface area contributed by atoms with Crippen molar-refractivity contribution in [3.8, 4) is 11.1 Å². The maximum absolute atomic E-state index is 15.3. The number of nitrogen functional groups attached to an aromatic ring is 1. The number of nitrogens with two attached hydrogens (primary N) is 5. The molecule has 0 spiro atoms. The third kappa shape index (κ3) is 38.2. The van der Waals surface area contributed by atoms with Crippen LogP contribution in [-0.4, -0.2) is 188 Å². The second kappa shape index (κ2) is 60.1. The van der Waals surface area contributed by atoms with E-state index in [1.807, 2.05) is 50.2 Å². The van der Waals surface area contributed by atoms with Gasteiger partial charge in [0.2, 0.25) is 34.8 Å². The number of hydrogen-bond donors (Lipinski definition) is 12. The second-order valence-electron chi connectivity index (χ2n) is 32.0. The summed E-state index contributed by atoms with van der Waals surface area (Å²) in [6, 6.07) is 60.3. The molecule has 10 aromatic carbocycles.